The molecule has 0 heterocycles. The predicted octanol–water partition coefficient (Wildman–Crippen LogP) is 4.74. The van der Waals surface area contributed by atoms with Gasteiger partial charge in [-0.15, -0.1) is 0 Å². The Morgan fingerprint density at radius 3 is 2.50 bits per heavy atom. The highest BCUT2D eigenvalue weighted by molar-refractivity contribution is 5.69. The summed E-state index contributed by atoms with van der Waals surface area (Å²) in [5, 5.41) is 9.13. The van der Waals surface area contributed by atoms with Crippen LogP contribution in [0.5, 0.6) is 0 Å². The number of hydrogen-bond donors (Lipinski definition) is 1. The molecule has 2 aliphatic carbocycles. The van der Waals surface area contributed by atoms with Crippen LogP contribution in [0.2, 0.25) is 0 Å². The Morgan fingerprint density at radius 2 is 1.91 bits per heavy atom. The lowest BCUT2D eigenvalue weighted by molar-refractivity contribution is -0.144. The van der Waals surface area contributed by atoms with Gasteiger partial charge in [-0.1, -0.05) is 59.3 Å². The van der Waals surface area contributed by atoms with Gasteiger partial charge in [0.05, 0.1) is 18.6 Å². The van der Waals surface area contributed by atoms with E-state index in [1.54, 1.807) is 6.92 Å². The molecule has 0 bridgehead atoms. The van der Waals surface area contributed by atoms with Crippen molar-refractivity contribution in [1.82, 2.24) is 0 Å². The average molecular weight is 310 g/mol. The van der Waals surface area contributed by atoms with Crippen LogP contribution in [0.1, 0.15) is 72.1 Å². The zero-order valence-electron chi connectivity index (χ0n) is 14.6. The molecule has 2 rings (SSSR count). The molecule has 1 N–H and O–H groups in total. The maximum atomic E-state index is 11.1. The summed E-state index contributed by atoms with van der Waals surface area (Å²) in [7, 11) is 0. The van der Waals surface area contributed by atoms with Crippen molar-refractivity contribution in [3.63, 3.8) is 0 Å². The highest BCUT2D eigenvalue weighted by Crippen LogP contribution is 2.45. The fraction of sp³-hybridized carbons (Fsp3) is 0.947. The minimum Gasteiger partial charge on any atom is -0.481 e. The first-order chi connectivity index (χ1) is 10.5. The fourth-order valence-corrected chi connectivity index (χ4v) is 4.52. The second-order valence-corrected chi connectivity index (χ2v) is 7.81. The Hall–Kier alpha value is -0.570. The number of carboxylic acids is 1. The number of hydrogen-bond acceptors (Lipinski definition) is 2. The average Bonchev–Trinajstić information content (AvgIpc) is 3.13. The molecule has 0 aliphatic heterocycles. The Kier molecular flexibility index (Phi) is 6.73. The van der Waals surface area contributed by atoms with Crippen LogP contribution in [0.4, 0.5) is 0 Å². The van der Waals surface area contributed by atoms with Gasteiger partial charge in [0.15, 0.2) is 0 Å². The Bertz CT molecular complexity index is 349. The van der Waals surface area contributed by atoms with Gasteiger partial charge in [0.25, 0.3) is 0 Å². The predicted molar refractivity (Wildman–Crippen MR) is 88.8 cm³/mol. The van der Waals surface area contributed by atoms with E-state index >= 15 is 0 Å². The quantitative estimate of drug-likeness (QED) is 0.704. The zero-order valence-corrected chi connectivity index (χ0v) is 14.6. The number of carbonyl (C=O) groups is 1. The SMILES string of the molecule is CCCC1CC(OCC(C)C(C)C(=O)O)C(C2CCCC2)C1. The molecule has 3 heteroatoms. The Balaban J connectivity index is 1.89. The van der Waals surface area contributed by atoms with E-state index in [1.807, 2.05) is 6.92 Å². The van der Waals surface area contributed by atoms with Gasteiger partial charge >= 0.3 is 5.97 Å². The third-order valence-corrected chi connectivity index (χ3v) is 6.17. The minimum absolute atomic E-state index is 0.0898. The topological polar surface area (TPSA) is 46.5 Å². The number of ether oxygens (including phenoxy) is 1. The molecular weight excluding hydrogens is 276 g/mol. The van der Waals surface area contributed by atoms with Crippen molar-refractivity contribution in [2.45, 2.75) is 78.2 Å². The smallest absolute Gasteiger partial charge is 0.306 e. The fourth-order valence-electron chi connectivity index (χ4n) is 4.52. The highest BCUT2D eigenvalue weighted by Gasteiger charge is 2.40. The van der Waals surface area contributed by atoms with Crippen molar-refractivity contribution >= 4 is 5.97 Å². The summed E-state index contributed by atoms with van der Waals surface area (Å²) in [5.74, 6) is 1.47. The molecule has 0 aromatic rings. The summed E-state index contributed by atoms with van der Waals surface area (Å²) in [5.41, 5.74) is 0. The van der Waals surface area contributed by atoms with Crippen LogP contribution in [-0.4, -0.2) is 23.8 Å². The minimum atomic E-state index is -0.710. The molecule has 0 aromatic heterocycles. The van der Waals surface area contributed by atoms with E-state index in [4.69, 9.17) is 9.84 Å². The van der Waals surface area contributed by atoms with Crippen molar-refractivity contribution in [3.05, 3.63) is 0 Å². The van der Waals surface area contributed by atoms with Crippen molar-refractivity contribution in [2.24, 2.45) is 29.6 Å². The van der Waals surface area contributed by atoms with Crippen molar-refractivity contribution in [2.75, 3.05) is 6.61 Å². The van der Waals surface area contributed by atoms with E-state index in [2.05, 4.69) is 6.92 Å². The summed E-state index contributed by atoms with van der Waals surface area (Å²) in [6, 6.07) is 0. The first kappa shape index (κ1) is 17.8. The number of carboxylic acid groups (broad SMARTS) is 1. The second kappa shape index (κ2) is 8.33. The normalized spacial score (nSPS) is 32.2. The van der Waals surface area contributed by atoms with Gasteiger partial charge in [-0.25, -0.2) is 0 Å². The molecule has 0 aromatic carbocycles. The first-order valence-corrected chi connectivity index (χ1v) is 9.37. The van der Waals surface area contributed by atoms with E-state index in [1.165, 1.54) is 51.4 Å². The van der Waals surface area contributed by atoms with E-state index in [9.17, 15) is 4.79 Å². The molecule has 2 aliphatic rings. The number of rotatable bonds is 8. The molecule has 2 saturated carbocycles. The standard InChI is InChI=1S/C19H34O3/c1-4-7-15-10-17(16-8-5-6-9-16)18(11-15)22-12-13(2)14(3)19(20)21/h13-18H,4-12H2,1-3H3,(H,20,21). The lowest BCUT2D eigenvalue weighted by Crippen LogP contribution is -2.29. The van der Waals surface area contributed by atoms with Gasteiger partial charge in [-0.05, 0) is 36.5 Å². The molecule has 128 valence electrons. The summed E-state index contributed by atoms with van der Waals surface area (Å²) in [6.07, 6.45) is 11.0. The van der Waals surface area contributed by atoms with Crippen LogP contribution in [0, 0.1) is 29.6 Å². The zero-order chi connectivity index (χ0) is 16.1. The molecule has 0 amide bonds. The summed E-state index contributed by atoms with van der Waals surface area (Å²) >= 11 is 0. The Labute approximate surface area is 135 Å². The third-order valence-electron chi connectivity index (χ3n) is 6.17. The van der Waals surface area contributed by atoms with Gasteiger partial charge in [0, 0.05) is 0 Å². The largest absolute Gasteiger partial charge is 0.481 e. The first-order valence-electron chi connectivity index (χ1n) is 9.37. The second-order valence-electron chi connectivity index (χ2n) is 7.81. The van der Waals surface area contributed by atoms with Crippen LogP contribution in [0.25, 0.3) is 0 Å². The van der Waals surface area contributed by atoms with E-state index in [0.29, 0.717) is 12.7 Å². The van der Waals surface area contributed by atoms with Gasteiger partial charge < -0.3 is 9.84 Å². The van der Waals surface area contributed by atoms with Gasteiger partial charge in [-0.3, -0.25) is 4.79 Å². The molecule has 5 unspecified atom stereocenters. The van der Waals surface area contributed by atoms with Gasteiger partial charge in [0.1, 0.15) is 0 Å². The van der Waals surface area contributed by atoms with Crippen LogP contribution in [0.15, 0.2) is 0 Å². The summed E-state index contributed by atoms with van der Waals surface area (Å²) in [4.78, 5) is 11.1. The molecule has 2 fully saturated rings. The molecule has 0 radical (unpaired) electrons. The Morgan fingerprint density at radius 1 is 1.23 bits per heavy atom. The van der Waals surface area contributed by atoms with Crippen molar-refractivity contribution < 1.29 is 14.6 Å². The third kappa shape index (κ3) is 4.47. The number of aliphatic carboxylic acids is 1. The lowest BCUT2D eigenvalue weighted by Gasteiger charge is -2.27. The van der Waals surface area contributed by atoms with Crippen LogP contribution in [-0.2, 0) is 9.53 Å². The van der Waals surface area contributed by atoms with Gasteiger partial charge in [-0.2, -0.15) is 0 Å². The maximum Gasteiger partial charge on any atom is 0.306 e. The highest BCUT2D eigenvalue weighted by atomic mass is 16.5. The molecular formula is C19H34O3. The summed E-state index contributed by atoms with van der Waals surface area (Å²) in [6.45, 7) is 6.66. The summed E-state index contributed by atoms with van der Waals surface area (Å²) < 4.78 is 6.27. The van der Waals surface area contributed by atoms with Crippen molar-refractivity contribution in [3.8, 4) is 0 Å². The van der Waals surface area contributed by atoms with Crippen molar-refractivity contribution in [1.29, 1.82) is 0 Å². The molecule has 0 saturated heterocycles. The maximum absolute atomic E-state index is 11.1. The monoisotopic (exact) mass is 310 g/mol. The van der Waals surface area contributed by atoms with Crippen LogP contribution in [0.3, 0.4) is 0 Å². The molecule has 3 nitrogen and oxygen atoms in total. The van der Waals surface area contributed by atoms with E-state index in [-0.39, 0.29) is 11.8 Å². The van der Waals surface area contributed by atoms with Crippen LogP contribution >= 0.6 is 0 Å². The van der Waals surface area contributed by atoms with E-state index in [0.717, 1.165) is 17.8 Å². The molecule has 0 spiro atoms. The molecule has 22 heavy (non-hydrogen) atoms. The van der Waals surface area contributed by atoms with Gasteiger partial charge in [0.2, 0.25) is 0 Å². The van der Waals surface area contributed by atoms with E-state index < -0.39 is 5.97 Å². The lowest BCUT2D eigenvalue weighted by atomic mass is 9.87. The van der Waals surface area contributed by atoms with Crippen LogP contribution < -0.4 is 0 Å². The molecule has 5 atom stereocenters.